The molecule has 4 nitrogen and oxygen atoms in total. The molecule has 2 heterocycles. The zero-order chi connectivity index (χ0) is 15.5. The number of rotatable bonds is 3. The molecule has 0 spiro atoms. The van der Waals surface area contributed by atoms with Crippen LogP contribution in [0.2, 0.25) is 0 Å². The molecule has 2 rings (SSSR count). The second-order valence-corrected chi connectivity index (χ2v) is 7.10. The number of piperidine rings is 1. The Kier molecular flexibility index (Phi) is 4.81. The largest absolute Gasteiger partial charge is 0.395 e. The summed E-state index contributed by atoms with van der Waals surface area (Å²) in [6.07, 6.45) is 1.27. The molecule has 0 atom stereocenters. The van der Waals surface area contributed by atoms with E-state index in [2.05, 4.69) is 11.8 Å². The fourth-order valence-electron chi connectivity index (χ4n) is 2.28. The maximum atomic E-state index is 12.1. The Balaban J connectivity index is 2.04. The van der Waals surface area contributed by atoms with Crippen molar-refractivity contribution in [2.75, 3.05) is 6.61 Å². The van der Waals surface area contributed by atoms with Crippen LogP contribution >= 0.6 is 11.3 Å². The molecule has 0 saturated carbocycles. The Bertz CT molecular complexity index is 587. The van der Waals surface area contributed by atoms with Gasteiger partial charge >= 0.3 is 0 Å². The molecule has 1 aliphatic heterocycles. The van der Waals surface area contributed by atoms with Gasteiger partial charge in [0.2, 0.25) is 11.8 Å². The molecule has 5 heteroatoms. The summed E-state index contributed by atoms with van der Waals surface area (Å²) in [5, 5.41) is 8.69. The van der Waals surface area contributed by atoms with Gasteiger partial charge in [-0.1, -0.05) is 25.7 Å². The van der Waals surface area contributed by atoms with Crippen molar-refractivity contribution in [1.82, 2.24) is 4.90 Å². The van der Waals surface area contributed by atoms with E-state index in [1.807, 2.05) is 26.0 Å². The molecule has 0 radical (unpaired) electrons. The lowest BCUT2D eigenvalue weighted by atomic mass is 9.82. The van der Waals surface area contributed by atoms with Crippen LogP contribution in [0.4, 0.5) is 0 Å². The number of thiophene rings is 1. The molecule has 1 aromatic heterocycles. The normalized spacial score (nSPS) is 17.6. The van der Waals surface area contributed by atoms with Crippen LogP contribution in [0.5, 0.6) is 0 Å². The molecule has 1 N–H and O–H groups in total. The summed E-state index contributed by atoms with van der Waals surface area (Å²) in [6, 6.07) is 3.78. The maximum Gasteiger partial charge on any atom is 0.230 e. The SMILES string of the molecule is CC1(C)CC(=O)N(Cc2ccc(C#CCCO)s2)C(=O)C1. The van der Waals surface area contributed by atoms with Crippen LogP contribution in [-0.4, -0.2) is 28.4 Å². The number of aliphatic hydroxyl groups is 1. The van der Waals surface area contributed by atoms with Crippen LogP contribution in [0.1, 0.15) is 42.9 Å². The highest BCUT2D eigenvalue weighted by atomic mass is 32.1. The van der Waals surface area contributed by atoms with Crippen LogP contribution in [0.25, 0.3) is 0 Å². The fraction of sp³-hybridized carbons (Fsp3) is 0.500. The maximum absolute atomic E-state index is 12.1. The van der Waals surface area contributed by atoms with Crippen molar-refractivity contribution >= 4 is 23.2 Å². The number of imide groups is 1. The van der Waals surface area contributed by atoms with E-state index in [0.29, 0.717) is 25.8 Å². The molecule has 0 aliphatic carbocycles. The van der Waals surface area contributed by atoms with Crippen molar-refractivity contribution in [1.29, 1.82) is 0 Å². The summed E-state index contributed by atoms with van der Waals surface area (Å²) < 4.78 is 0. The summed E-state index contributed by atoms with van der Waals surface area (Å²) >= 11 is 1.48. The fourth-order valence-corrected chi connectivity index (χ4v) is 3.15. The topological polar surface area (TPSA) is 57.6 Å². The number of nitrogens with zero attached hydrogens (tertiary/aromatic N) is 1. The van der Waals surface area contributed by atoms with Crippen molar-refractivity contribution in [3.05, 3.63) is 21.9 Å². The lowest BCUT2D eigenvalue weighted by Gasteiger charge is -2.34. The molecular formula is C16H19NO3S. The second kappa shape index (κ2) is 6.42. The first kappa shape index (κ1) is 15.7. The average molecular weight is 305 g/mol. The predicted octanol–water partition coefficient (Wildman–Crippen LogP) is 2.16. The zero-order valence-electron chi connectivity index (χ0n) is 12.3. The lowest BCUT2D eigenvalue weighted by molar-refractivity contribution is -0.153. The van der Waals surface area contributed by atoms with Crippen LogP contribution in [-0.2, 0) is 16.1 Å². The number of amides is 2. The van der Waals surface area contributed by atoms with Gasteiger partial charge in [0.05, 0.1) is 18.0 Å². The Morgan fingerprint density at radius 1 is 1.29 bits per heavy atom. The minimum atomic E-state index is -0.235. The predicted molar refractivity (Wildman–Crippen MR) is 81.5 cm³/mol. The Morgan fingerprint density at radius 3 is 2.57 bits per heavy atom. The number of hydrogen-bond acceptors (Lipinski definition) is 4. The van der Waals surface area contributed by atoms with Crippen LogP contribution in [0.15, 0.2) is 12.1 Å². The van der Waals surface area contributed by atoms with E-state index in [9.17, 15) is 9.59 Å². The third kappa shape index (κ3) is 4.16. The first-order chi connectivity index (χ1) is 9.91. The van der Waals surface area contributed by atoms with Crippen molar-refractivity contribution < 1.29 is 14.7 Å². The van der Waals surface area contributed by atoms with Gasteiger partial charge in [0.15, 0.2) is 0 Å². The number of aliphatic hydroxyl groups excluding tert-OH is 1. The van der Waals surface area contributed by atoms with E-state index >= 15 is 0 Å². The highest BCUT2D eigenvalue weighted by Gasteiger charge is 2.37. The second-order valence-electron chi connectivity index (χ2n) is 5.93. The van der Waals surface area contributed by atoms with E-state index in [4.69, 9.17) is 5.11 Å². The lowest BCUT2D eigenvalue weighted by Crippen LogP contribution is -2.45. The van der Waals surface area contributed by atoms with Gasteiger partial charge in [0.1, 0.15) is 0 Å². The van der Waals surface area contributed by atoms with Crippen molar-refractivity contribution in [2.45, 2.75) is 39.7 Å². The molecule has 1 aromatic rings. The van der Waals surface area contributed by atoms with Crippen LogP contribution < -0.4 is 0 Å². The molecular weight excluding hydrogens is 286 g/mol. The summed E-state index contributed by atoms with van der Waals surface area (Å²) in [7, 11) is 0. The van der Waals surface area contributed by atoms with Gasteiger partial charge in [-0.2, -0.15) is 0 Å². The smallest absolute Gasteiger partial charge is 0.230 e. The van der Waals surface area contributed by atoms with E-state index < -0.39 is 0 Å². The molecule has 21 heavy (non-hydrogen) atoms. The van der Waals surface area contributed by atoms with Crippen molar-refractivity contribution in [3.63, 3.8) is 0 Å². The summed E-state index contributed by atoms with van der Waals surface area (Å²) in [6.45, 7) is 4.28. The van der Waals surface area contributed by atoms with Gasteiger partial charge in [0, 0.05) is 24.1 Å². The van der Waals surface area contributed by atoms with Gasteiger partial charge < -0.3 is 5.11 Å². The summed E-state index contributed by atoms with van der Waals surface area (Å²) in [4.78, 5) is 27.4. The van der Waals surface area contributed by atoms with Gasteiger partial charge in [-0.3, -0.25) is 14.5 Å². The highest BCUT2D eigenvalue weighted by molar-refractivity contribution is 7.12. The molecule has 0 bridgehead atoms. The van der Waals surface area contributed by atoms with Gasteiger partial charge in [-0.05, 0) is 17.5 Å². The number of hydrogen-bond donors (Lipinski definition) is 1. The number of carbonyl (C=O) groups excluding carboxylic acids is 2. The molecule has 1 aliphatic rings. The van der Waals surface area contributed by atoms with Crippen LogP contribution in [0.3, 0.4) is 0 Å². The average Bonchev–Trinajstić information content (AvgIpc) is 2.81. The van der Waals surface area contributed by atoms with Gasteiger partial charge in [-0.25, -0.2) is 0 Å². The Hall–Kier alpha value is -1.64. The standard InChI is InChI=1S/C16H19NO3S/c1-16(2)9-14(19)17(15(20)10-16)11-13-7-6-12(21-13)5-3-4-8-18/h6-7,18H,4,8-11H2,1-2H3. The van der Waals surface area contributed by atoms with E-state index in [1.165, 1.54) is 16.2 Å². The minimum Gasteiger partial charge on any atom is -0.395 e. The highest BCUT2D eigenvalue weighted by Crippen LogP contribution is 2.32. The van der Waals surface area contributed by atoms with Crippen molar-refractivity contribution in [2.24, 2.45) is 5.41 Å². The van der Waals surface area contributed by atoms with E-state index in [0.717, 1.165) is 9.75 Å². The molecule has 0 aromatic carbocycles. The quantitative estimate of drug-likeness (QED) is 0.688. The van der Waals surface area contributed by atoms with E-state index in [-0.39, 0.29) is 23.8 Å². The molecule has 0 unspecified atom stereocenters. The minimum absolute atomic E-state index is 0.0534. The Morgan fingerprint density at radius 2 is 1.95 bits per heavy atom. The van der Waals surface area contributed by atoms with Crippen molar-refractivity contribution in [3.8, 4) is 11.8 Å². The third-order valence-electron chi connectivity index (χ3n) is 3.29. The van der Waals surface area contributed by atoms with E-state index in [1.54, 1.807) is 0 Å². The summed E-state index contributed by atoms with van der Waals surface area (Å²) in [5.74, 6) is 5.62. The first-order valence-corrected chi connectivity index (χ1v) is 7.74. The Labute approximate surface area is 128 Å². The van der Waals surface area contributed by atoms with Gasteiger partial charge in [-0.15, -0.1) is 11.3 Å². The first-order valence-electron chi connectivity index (χ1n) is 6.93. The molecule has 1 fully saturated rings. The van der Waals surface area contributed by atoms with Gasteiger partial charge in [0.25, 0.3) is 0 Å². The van der Waals surface area contributed by atoms with Crippen LogP contribution in [0, 0.1) is 17.3 Å². The zero-order valence-corrected chi connectivity index (χ0v) is 13.1. The third-order valence-corrected chi connectivity index (χ3v) is 4.27. The molecule has 2 amide bonds. The summed E-state index contributed by atoms with van der Waals surface area (Å²) in [5.41, 5.74) is -0.235. The number of likely N-dealkylation sites (tertiary alicyclic amines) is 1. The molecule has 1 saturated heterocycles. The number of carbonyl (C=O) groups is 2. The monoisotopic (exact) mass is 305 g/mol. The molecule has 112 valence electrons.